The predicted octanol–water partition coefficient (Wildman–Crippen LogP) is 10.7. The Morgan fingerprint density at radius 2 is 0.941 bits per heavy atom. The van der Waals surface area contributed by atoms with Gasteiger partial charge in [0.1, 0.15) is 12.0 Å². The molecule has 0 spiro atoms. The first-order valence-corrected chi connectivity index (χ1v) is 16.9. The molecule has 51 heavy (non-hydrogen) atoms. The topological polar surface area (TPSA) is 74.6 Å². The highest BCUT2D eigenvalue weighted by molar-refractivity contribution is 6.11. The summed E-state index contributed by atoms with van der Waals surface area (Å²) in [6, 6.07) is 46.9. The number of furan rings is 1. The zero-order valence-electron chi connectivity index (χ0n) is 27.1. The Labute approximate surface area is 290 Å². The van der Waals surface area contributed by atoms with Crippen molar-refractivity contribution in [1.29, 1.82) is 0 Å². The Morgan fingerprint density at radius 3 is 1.61 bits per heavy atom. The van der Waals surface area contributed by atoms with Gasteiger partial charge in [0.25, 0.3) is 0 Å². The Balaban J connectivity index is 1.07. The predicted molar refractivity (Wildman–Crippen MR) is 204 cm³/mol. The van der Waals surface area contributed by atoms with Crippen LogP contribution in [0.25, 0.3) is 99.6 Å². The Bertz CT molecular complexity index is 2930. The Hall–Kier alpha value is -7.12. The first-order valence-electron chi connectivity index (χ1n) is 16.9. The summed E-state index contributed by atoms with van der Waals surface area (Å²) >= 11 is 0. The molecule has 0 bridgehead atoms. The minimum Gasteiger partial charge on any atom is -0.419 e. The number of benzene rings is 5. The summed E-state index contributed by atoms with van der Waals surface area (Å²) in [7, 11) is 0. The monoisotopic (exact) mass is 654 g/mol. The van der Waals surface area contributed by atoms with Gasteiger partial charge in [0.2, 0.25) is 11.4 Å². The summed E-state index contributed by atoms with van der Waals surface area (Å²) in [6.45, 7) is 0. The number of para-hydroxylation sites is 3. The van der Waals surface area contributed by atoms with Gasteiger partial charge in [0.05, 0.1) is 27.3 Å². The lowest BCUT2D eigenvalue weighted by molar-refractivity contribution is 0.640. The molecule has 0 atom stereocenters. The highest BCUT2D eigenvalue weighted by Crippen LogP contribution is 2.38. The first kappa shape index (κ1) is 27.8. The minimum atomic E-state index is 0.563. The summed E-state index contributed by atoms with van der Waals surface area (Å²) in [5, 5.41) is 6.40. The Kier molecular flexibility index (Phi) is 5.83. The van der Waals surface area contributed by atoms with Crippen LogP contribution >= 0.6 is 0 Å². The van der Waals surface area contributed by atoms with Crippen molar-refractivity contribution in [2.75, 3.05) is 0 Å². The van der Waals surface area contributed by atoms with Gasteiger partial charge in [0.15, 0.2) is 0 Å². The maximum Gasteiger partial charge on any atom is 0.229 e. The largest absolute Gasteiger partial charge is 0.419 e. The number of pyridine rings is 2. The van der Waals surface area contributed by atoms with Crippen molar-refractivity contribution in [2.45, 2.75) is 0 Å². The molecular formula is C44H26N6O. The maximum absolute atomic E-state index is 6.16. The molecule has 7 nitrogen and oxygen atoms in total. The minimum absolute atomic E-state index is 0.563. The van der Waals surface area contributed by atoms with Crippen LogP contribution in [0.1, 0.15) is 0 Å². The number of aromatic nitrogens is 6. The van der Waals surface area contributed by atoms with Crippen LogP contribution in [0.5, 0.6) is 0 Å². The van der Waals surface area contributed by atoms with Crippen molar-refractivity contribution >= 4 is 65.9 Å². The van der Waals surface area contributed by atoms with E-state index in [2.05, 4.69) is 134 Å². The molecule has 11 rings (SSSR count). The molecule has 0 radical (unpaired) electrons. The van der Waals surface area contributed by atoms with E-state index < -0.39 is 0 Å². The third-order valence-electron chi connectivity index (χ3n) is 9.99. The van der Waals surface area contributed by atoms with E-state index in [9.17, 15) is 0 Å². The van der Waals surface area contributed by atoms with Gasteiger partial charge in [0, 0.05) is 62.6 Å². The summed E-state index contributed by atoms with van der Waals surface area (Å²) < 4.78 is 10.7. The fraction of sp³-hybridized carbons (Fsp3) is 0. The van der Waals surface area contributed by atoms with Gasteiger partial charge < -0.3 is 8.98 Å². The van der Waals surface area contributed by atoms with Crippen molar-refractivity contribution in [2.24, 2.45) is 0 Å². The third kappa shape index (κ3) is 4.18. The van der Waals surface area contributed by atoms with Crippen LogP contribution < -0.4 is 0 Å². The number of nitrogens with zero attached hydrogens (tertiary/aromatic N) is 6. The standard InChI is InChI=1S/C44H26N6O/c1-3-9-31(10-4-1)49-39-14-8-7-13-33(39)34-17-15-27(21-40(34)49)29-19-36-37-20-30(24-47-44(37)51-43(36)46-23-29)28-16-18-35-38-25-45-26-48-42(38)50(41(35)22-28)32-11-5-2-6-12-32/h1-26H. The van der Waals surface area contributed by atoms with Gasteiger partial charge in [-0.2, -0.15) is 0 Å². The van der Waals surface area contributed by atoms with Gasteiger partial charge in [-0.3, -0.25) is 4.57 Å². The van der Waals surface area contributed by atoms with Crippen LogP contribution in [0.4, 0.5) is 0 Å². The van der Waals surface area contributed by atoms with E-state index in [4.69, 9.17) is 14.4 Å². The van der Waals surface area contributed by atoms with E-state index in [1.54, 1.807) is 6.33 Å². The van der Waals surface area contributed by atoms with E-state index in [1.807, 2.05) is 36.8 Å². The molecule has 7 heteroatoms. The summed E-state index contributed by atoms with van der Waals surface area (Å²) in [5.41, 5.74) is 11.7. The third-order valence-corrected chi connectivity index (χ3v) is 9.99. The molecule has 238 valence electrons. The molecule has 0 fully saturated rings. The smallest absolute Gasteiger partial charge is 0.229 e. The van der Waals surface area contributed by atoms with Crippen molar-refractivity contribution in [3.63, 3.8) is 0 Å². The lowest BCUT2D eigenvalue weighted by Crippen LogP contribution is -1.95. The molecule has 0 aliphatic rings. The fourth-order valence-electron chi connectivity index (χ4n) is 7.63. The second-order valence-electron chi connectivity index (χ2n) is 12.8. The van der Waals surface area contributed by atoms with Crippen LogP contribution in [0.2, 0.25) is 0 Å². The molecule has 0 aliphatic carbocycles. The molecule has 0 saturated carbocycles. The molecule has 6 heterocycles. The second kappa shape index (κ2) is 10.7. The zero-order valence-corrected chi connectivity index (χ0v) is 27.1. The SMILES string of the molecule is c1ccc(-n2c3ccccc3c3ccc(-c4cnc5oc6ncc(-c7ccc8c9cncnc9n(-c9ccccc9)c8c7)cc6c5c4)cc32)cc1. The Morgan fingerprint density at radius 1 is 0.392 bits per heavy atom. The van der Waals surface area contributed by atoms with Gasteiger partial charge in [-0.15, -0.1) is 0 Å². The fourth-order valence-corrected chi connectivity index (χ4v) is 7.63. The molecule has 11 aromatic rings. The van der Waals surface area contributed by atoms with Crippen LogP contribution in [0.3, 0.4) is 0 Å². The van der Waals surface area contributed by atoms with Crippen LogP contribution in [0.15, 0.2) is 163 Å². The lowest BCUT2D eigenvalue weighted by atomic mass is 10.0. The number of hydrogen-bond acceptors (Lipinski definition) is 5. The average molecular weight is 655 g/mol. The summed E-state index contributed by atoms with van der Waals surface area (Å²) in [4.78, 5) is 18.5. The molecule has 6 aromatic heterocycles. The van der Waals surface area contributed by atoms with E-state index in [1.165, 1.54) is 16.3 Å². The van der Waals surface area contributed by atoms with Crippen LogP contribution in [-0.4, -0.2) is 29.1 Å². The van der Waals surface area contributed by atoms with E-state index in [0.29, 0.717) is 11.4 Å². The molecule has 0 saturated heterocycles. The van der Waals surface area contributed by atoms with E-state index >= 15 is 0 Å². The highest BCUT2D eigenvalue weighted by atomic mass is 16.3. The maximum atomic E-state index is 6.16. The molecule has 0 aliphatic heterocycles. The molecule has 0 amide bonds. The summed E-state index contributed by atoms with van der Waals surface area (Å²) in [6.07, 6.45) is 7.26. The van der Waals surface area contributed by atoms with Gasteiger partial charge >= 0.3 is 0 Å². The van der Waals surface area contributed by atoms with Gasteiger partial charge in [-0.25, -0.2) is 19.9 Å². The first-order chi connectivity index (χ1) is 25.3. The van der Waals surface area contributed by atoms with Crippen molar-refractivity contribution in [3.8, 4) is 33.6 Å². The zero-order chi connectivity index (χ0) is 33.5. The van der Waals surface area contributed by atoms with E-state index in [-0.39, 0.29) is 0 Å². The lowest BCUT2D eigenvalue weighted by Gasteiger charge is -2.09. The number of hydrogen-bond donors (Lipinski definition) is 0. The average Bonchev–Trinajstić information content (AvgIpc) is 3.85. The van der Waals surface area contributed by atoms with E-state index in [0.717, 1.165) is 71.9 Å². The summed E-state index contributed by atoms with van der Waals surface area (Å²) in [5.74, 6) is 0. The number of fused-ring (bicyclic) bond motifs is 9. The number of rotatable bonds is 4. The van der Waals surface area contributed by atoms with Crippen LogP contribution in [0, 0.1) is 0 Å². The quantitative estimate of drug-likeness (QED) is 0.189. The normalized spacial score (nSPS) is 11.9. The van der Waals surface area contributed by atoms with Gasteiger partial charge in [-0.1, -0.05) is 78.9 Å². The highest BCUT2D eigenvalue weighted by Gasteiger charge is 2.18. The molecule has 0 N–H and O–H groups in total. The second-order valence-corrected chi connectivity index (χ2v) is 12.8. The molecular weight excluding hydrogens is 629 g/mol. The van der Waals surface area contributed by atoms with Crippen molar-refractivity contribution < 1.29 is 4.42 Å². The van der Waals surface area contributed by atoms with Gasteiger partial charge in [-0.05, 0) is 65.7 Å². The van der Waals surface area contributed by atoms with Crippen LogP contribution in [-0.2, 0) is 0 Å². The molecule has 0 unspecified atom stereocenters. The van der Waals surface area contributed by atoms with Crippen molar-refractivity contribution in [3.05, 3.63) is 158 Å². The van der Waals surface area contributed by atoms with Crippen molar-refractivity contribution in [1.82, 2.24) is 29.1 Å². The molecule has 5 aromatic carbocycles.